The van der Waals surface area contributed by atoms with Crippen molar-refractivity contribution in [3.8, 4) is 0 Å². The molecular weight excluding hydrogens is 298 g/mol. The van der Waals surface area contributed by atoms with Gasteiger partial charge in [-0.1, -0.05) is 4.99 Å². The van der Waals surface area contributed by atoms with Crippen molar-refractivity contribution in [3.63, 3.8) is 0 Å². The van der Waals surface area contributed by atoms with Crippen LogP contribution in [0.15, 0.2) is 34.0 Å². The highest BCUT2D eigenvalue weighted by Crippen LogP contribution is 2.29. The summed E-state index contributed by atoms with van der Waals surface area (Å²) in [6.45, 7) is 2.47. The van der Waals surface area contributed by atoms with E-state index in [9.17, 15) is 9.59 Å². The second kappa shape index (κ2) is 4.55. The van der Waals surface area contributed by atoms with Crippen LogP contribution in [0.3, 0.4) is 0 Å². The van der Waals surface area contributed by atoms with Crippen LogP contribution in [-0.2, 0) is 11.3 Å². The van der Waals surface area contributed by atoms with Crippen LogP contribution < -0.4 is 4.57 Å². The normalized spacial score (nSPS) is 20.0. The number of fused-ring (bicyclic) bond motifs is 3. The summed E-state index contributed by atoms with van der Waals surface area (Å²) in [5.74, 6) is 1.63. The van der Waals surface area contributed by atoms with E-state index < -0.39 is 6.04 Å². The summed E-state index contributed by atoms with van der Waals surface area (Å²) in [4.78, 5) is 31.7. The van der Waals surface area contributed by atoms with Gasteiger partial charge in [-0.05, 0) is 19.1 Å². The van der Waals surface area contributed by atoms with Crippen molar-refractivity contribution < 1.29 is 18.6 Å². The van der Waals surface area contributed by atoms with Gasteiger partial charge in [0.15, 0.2) is 0 Å². The molecule has 2 aromatic rings. The summed E-state index contributed by atoms with van der Waals surface area (Å²) in [7, 11) is 3.12. The van der Waals surface area contributed by atoms with Crippen LogP contribution in [0.1, 0.15) is 17.5 Å². The number of furan rings is 1. The molecule has 4 rings (SSSR count). The molecule has 0 bridgehead atoms. The summed E-state index contributed by atoms with van der Waals surface area (Å²) in [5, 5.41) is 0. The van der Waals surface area contributed by atoms with E-state index in [2.05, 4.69) is 4.99 Å². The fraction of sp³-hybridized carbons (Fsp3) is 0.333. The van der Waals surface area contributed by atoms with Gasteiger partial charge in [-0.2, -0.15) is 0 Å². The Labute approximate surface area is 132 Å². The Bertz CT molecular complexity index is 849. The number of carbonyl (C=O) groups excluding carboxylic acids is 2. The molecule has 8 heteroatoms. The van der Waals surface area contributed by atoms with Crippen molar-refractivity contribution in [2.24, 2.45) is 4.99 Å². The van der Waals surface area contributed by atoms with E-state index in [-0.39, 0.29) is 11.9 Å². The second-order valence-corrected chi connectivity index (χ2v) is 5.75. The van der Waals surface area contributed by atoms with Crippen molar-refractivity contribution in [1.82, 2.24) is 14.4 Å². The van der Waals surface area contributed by atoms with Gasteiger partial charge in [-0.25, -0.2) is 13.9 Å². The van der Waals surface area contributed by atoms with E-state index in [1.54, 1.807) is 13.3 Å². The Morgan fingerprint density at radius 2 is 2.09 bits per heavy atom. The zero-order valence-electron chi connectivity index (χ0n) is 13.1. The van der Waals surface area contributed by atoms with Gasteiger partial charge >= 0.3 is 12.0 Å². The largest absolute Gasteiger partial charge is 0.466 e. The van der Waals surface area contributed by atoms with Crippen LogP contribution in [0.5, 0.6) is 0 Å². The average Bonchev–Trinajstić information content (AvgIpc) is 3.21. The minimum absolute atomic E-state index is 0.272. The zero-order chi connectivity index (χ0) is 16.3. The molecule has 2 aliphatic rings. The Kier molecular flexibility index (Phi) is 2.72. The molecule has 2 aromatic heterocycles. The summed E-state index contributed by atoms with van der Waals surface area (Å²) in [6, 6.07) is 2.76. The standard InChI is InChI=1S/C15H16N5O3/c1-9-7-20-11-12(17(2)15(22)18(3)13(11)21)16-14(20)19(9)8-10-5-4-6-23-10/h4-7,11H,8H2,1-3H3/q+1. The first-order chi connectivity index (χ1) is 11.0. The van der Waals surface area contributed by atoms with E-state index in [1.165, 1.54) is 11.9 Å². The quantitative estimate of drug-likeness (QED) is 0.771. The fourth-order valence-electron chi connectivity index (χ4n) is 3.06. The third-order valence-corrected chi connectivity index (χ3v) is 4.34. The maximum atomic E-state index is 12.5. The molecule has 23 heavy (non-hydrogen) atoms. The first-order valence-electron chi connectivity index (χ1n) is 7.26. The minimum atomic E-state index is -0.589. The van der Waals surface area contributed by atoms with Crippen LogP contribution in [0.2, 0.25) is 0 Å². The van der Waals surface area contributed by atoms with E-state index in [1.807, 2.05) is 34.4 Å². The van der Waals surface area contributed by atoms with Gasteiger partial charge < -0.3 is 4.42 Å². The molecule has 8 nitrogen and oxygen atoms in total. The molecule has 1 atom stereocenters. The topological polar surface area (TPSA) is 74.9 Å². The number of aryl methyl sites for hydroxylation is 1. The maximum Gasteiger partial charge on any atom is 0.402 e. The van der Waals surface area contributed by atoms with E-state index in [0.717, 1.165) is 16.4 Å². The Balaban J connectivity index is 1.82. The Hall–Kier alpha value is -2.90. The fourth-order valence-corrected chi connectivity index (χ4v) is 3.06. The lowest BCUT2D eigenvalue weighted by molar-refractivity contribution is -0.677. The number of urea groups is 1. The summed E-state index contributed by atoms with van der Waals surface area (Å²) < 4.78 is 9.18. The molecule has 118 valence electrons. The molecule has 0 N–H and O–H groups in total. The number of amides is 3. The average molecular weight is 314 g/mol. The van der Waals surface area contributed by atoms with Crippen LogP contribution in [-0.4, -0.2) is 46.2 Å². The molecule has 1 saturated heterocycles. The van der Waals surface area contributed by atoms with Crippen molar-refractivity contribution in [2.75, 3.05) is 14.1 Å². The number of hydrogen-bond acceptors (Lipinski definition) is 4. The minimum Gasteiger partial charge on any atom is -0.466 e. The third-order valence-electron chi connectivity index (χ3n) is 4.34. The Morgan fingerprint density at radius 3 is 2.78 bits per heavy atom. The van der Waals surface area contributed by atoms with Crippen LogP contribution in [0.25, 0.3) is 0 Å². The molecule has 1 fully saturated rings. The van der Waals surface area contributed by atoms with Crippen molar-refractivity contribution in [1.29, 1.82) is 0 Å². The maximum absolute atomic E-state index is 12.5. The molecule has 0 aliphatic carbocycles. The molecule has 2 aliphatic heterocycles. The summed E-state index contributed by atoms with van der Waals surface area (Å²) in [6.07, 6.45) is 3.51. The monoisotopic (exact) mass is 314 g/mol. The highest BCUT2D eigenvalue weighted by atomic mass is 16.3. The Morgan fingerprint density at radius 1 is 1.30 bits per heavy atom. The van der Waals surface area contributed by atoms with E-state index in [0.29, 0.717) is 18.3 Å². The SMILES string of the molecule is Cc1c[n+]2c(n1Cc1ccco1)N=C1C2C(=O)N(C)C(=O)N1C. The third kappa shape index (κ3) is 1.77. The van der Waals surface area contributed by atoms with Gasteiger partial charge in [0.1, 0.15) is 24.2 Å². The van der Waals surface area contributed by atoms with Gasteiger partial charge in [-0.15, -0.1) is 0 Å². The number of carbonyl (C=O) groups is 2. The number of aromatic nitrogens is 2. The molecule has 0 aromatic carbocycles. The lowest BCUT2D eigenvalue weighted by Gasteiger charge is -2.30. The van der Waals surface area contributed by atoms with Crippen molar-refractivity contribution in [2.45, 2.75) is 19.5 Å². The molecule has 0 spiro atoms. The zero-order valence-corrected chi connectivity index (χ0v) is 13.1. The molecule has 0 radical (unpaired) electrons. The van der Waals surface area contributed by atoms with Gasteiger partial charge in [0.2, 0.25) is 11.9 Å². The first-order valence-corrected chi connectivity index (χ1v) is 7.26. The lowest BCUT2D eigenvalue weighted by Crippen LogP contribution is -2.61. The summed E-state index contributed by atoms with van der Waals surface area (Å²) in [5.41, 5.74) is 0.967. The number of likely N-dealkylation sites (N-methyl/N-ethyl adjacent to an activating group) is 2. The van der Waals surface area contributed by atoms with Gasteiger partial charge in [-0.3, -0.25) is 14.6 Å². The summed E-state index contributed by atoms with van der Waals surface area (Å²) >= 11 is 0. The van der Waals surface area contributed by atoms with Crippen molar-refractivity contribution >= 4 is 23.7 Å². The van der Waals surface area contributed by atoms with Crippen LogP contribution >= 0.6 is 0 Å². The number of nitrogens with zero attached hydrogens (tertiary/aromatic N) is 5. The second-order valence-electron chi connectivity index (χ2n) is 5.75. The van der Waals surface area contributed by atoms with Crippen LogP contribution in [0, 0.1) is 6.92 Å². The van der Waals surface area contributed by atoms with Gasteiger partial charge in [0.05, 0.1) is 6.26 Å². The highest BCUT2D eigenvalue weighted by molar-refractivity contribution is 6.18. The van der Waals surface area contributed by atoms with Crippen molar-refractivity contribution in [3.05, 3.63) is 36.0 Å². The van der Waals surface area contributed by atoms with Gasteiger partial charge in [0.25, 0.3) is 5.91 Å². The molecule has 0 saturated carbocycles. The number of rotatable bonds is 2. The van der Waals surface area contributed by atoms with Crippen LogP contribution in [0.4, 0.5) is 10.7 Å². The number of amidine groups is 1. The molecule has 4 heterocycles. The predicted octanol–water partition coefficient (Wildman–Crippen LogP) is 0.834. The number of imidazole rings is 1. The lowest BCUT2D eigenvalue weighted by atomic mass is 10.2. The molecule has 1 unspecified atom stereocenters. The van der Waals surface area contributed by atoms with E-state index >= 15 is 0 Å². The number of hydrogen-bond donors (Lipinski definition) is 0. The number of aliphatic imine (C=N–C) groups is 1. The van der Waals surface area contributed by atoms with Gasteiger partial charge in [0, 0.05) is 14.1 Å². The predicted molar refractivity (Wildman–Crippen MR) is 79.2 cm³/mol. The molecular formula is C15H16N5O3+. The first kappa shape index (κ1) is 13.7. The van der Waals surface area contributed by atoms with E-state index in [4.69, 9.17) is 4.42 Å². The smallest absolute Gasteiger partial charge is 0.402 e. The number of imide groups is 1. The highest BCUT2D eigenvalue weighted by Gasteiger charge is 2.52. The molecule has 3 amide bonds.